The smallest absolute Gasteiger partial charge is 0.270 e. The van der Waals surface area contributed by atoms with Crippen LogP contribution in [0.2, 0.25) is 0 Å². The molecule has 1 heterocycles. The van der Waals surface area contributed by atoms with Gasteiger partial charge in [-0.3, -0.25) is 4.79 Å². The molecule has 0 unspecified atom stereocenters. The molecule has 0 bridgehead atoms. The monoisotopic (exact) mass is 251 g/mol. The number of pyridine rings is 1. The van der Waals surface area contributed by atoms with E-state index in [9.17, 15) is 4.79 Å². The quantitative estimate of drug-likeness (QED) is 0.909. The van der Waals surface area contributed by atoms with E-state index in [-0.39, 0.29) is 5.91 Å². The second-order valence-corrected chi connectivity index (χ2v) is 4.16. The summed E-state index contributed by atoms with van der Waals surface area (Å²) in [7, 11) is 0. The molecule has 4 nitrogen and oxygen atoms in total. The van der Waals surface area contributed by atoms with Gasteiger partial charge in [0.1, 0.15) is 5.69 Å². The number of carbonyl (C=O) groups excluding carboxylic acids is 1. The molecule has 0 aliphatic heterocycles. The van der Waals surface area contributed by atoms with Crippen LogP contribution >= 0.6 is 0 Å². The lowest BCUT2D eigenvalue weighted by atomic mass is 10.1. The summed E-state index contributed by atoms with van der Waals surface area (Å²) in [5.74, 6) is -0.201. The van der Waals surface area contributed by atoms with Gasteiger partial charge in [-0.1, -0.05) is 18.2 Å². The van der Waals surface area contributed by atoms with Gasteiger partial charge in [0, 0.05) is 12.2 Å². The Balaban J connectivity index is 1.98. The standard InChI is InChI=1S/C15H13N3O/c1-11-3-2-4-14(18-11)15(19)17-10-13-7-5-12(9-16)6-8-13/h2-8H,10H2,1H3,(H,17,19). The van der Waals surface area contributed by atoms with Gasteiger partial charge in [0.15, 0.2) is 0 Å². The molecule has 0 saturated heterocycles. The Morgan fingerprint density at radius 2 is 2.00 bits per heavy atom. The van der Waals surface area contributed by atoms with Gasteiger partial charge >= 0.3 is 0 Å². The van der Waals surface area contributed by atoms with Gasteiger partial charge in [-0.15, -0.1) is 0 Å². The van der Waals surface area contributed by atoms with E-state index in [0.29, 0.717) is 17.8 Å². The number of carbonyl (C=O) groups is 1. The second-order valence-electron chi connectivity index (χ2n) is 4.16. The molecule has 2 rings (SSSR count). The molecule has 1 amide bonds. The fourth-order valence-electron chi connectivity index (χ4n) is 1.64. The third-order valence-corrected chi connectivity index (χ3v) is 2.66. The first-order valence-electron chi connectivity index (χ1n) is 5.90. The van der Waals surface area contributed by atoms with E-state index in [1.54, 1.807) is 24.3 Å². The summed E-state index contributed by atoms with van der Waals surface area (Å²) in [5, 5.41) is 11.5. The lowest BCUT2D eigenvalue weighted by Gasteiger charge is -2.05. The third kappa shape index (κ3) is 3.39. The van der Waals surface area contributed by atoms with Crippen molar-refractivity contribution in [3.8, 4) is 6.07 Å². The molecular formula is C15H13N3O. The van der Waals surface area contributed by atoms with Crippen LogP contribution in [0.25, 0.3) is 0 Å². The van der Waals surface area contributed by atoms with Crippen molar-refractivity contribution in [2.45, 2.75) is 13.5 Å². The average Bonchev–Trinajstić information content (AvgIpc) is 2.45. The van der Waals surface area contributed by atoms with Crippen LogP contribution in [-0.2, 0) is 6.54 Å². The van der Waals surface area contributed by atoms with Crippen molar-refractivity contribution in [1.29, 1.82) is 5.26 Å². The van der Waals surface area contributed by atoms with E-state index in [1.807, 2.05) is 25.1 Å². The van der Waals surface area contributed by atoms with Crippen LogP contribution in [0.4, 0.5) is 0 Å². The van der Waals surface area contributed by atoms with Crippen LogP contribution in [0.5, 0.6) is 0 Å². The highest BCUT2D eigenvalue weighted by Crippen LogP contribution is 2.04. The molecule has 94 valence electrons. The molecular weight excluding hydrogens is 238 g/mol. The van der Waals surface area contributed by atoms with Crippen molar-refractivity contribution in [2.75, 3.05) is 0 Å². The molecule has 1 aromatic carbocycles. The van der Waals surface area contributed by atoms with Crippen molar-refractivity contribution in [3.63, 3.8) is 0 Å². The maximum absolute atomic E-state index is 11.9. The maximum atomic E-state index is 11.9. The summed E-state index contributed by atoms with van der Waals surface area (Å²) < 4.78 is 0. The molecule has 0 aliphatic rings. The van der Waals surface area contributed by atoms with Gasteiger partial charge in [0.05, 0.1) is 11.6 Å². The Bertz CT molecular complexity index is 627. The molecule has 0 aliphatic carbocycles. The number of rotatable bonds is 3. The van der Waals surface area contributed by atoms with Gasteiger partial charge in [0.25, 0.3) is 5.91 Å². The Morgan fingerprint density at radius 1 is 1.26 bits per heavy atom. The Labute approximate surface area is 111 Å². The van der Waals surface area contributed by atoms with Crippen molar-refractivity contribution >= 4 is 5.91 Å². The zero-order valence-electron chi connectivity index (χ0n) is 10.6. The number of aromatic nitrogens is 1. The Hall–Kier alpha value is -2.67. The highest BCUT2D eigenvalue weighted by atomic mass is 16.1. The maximum Gasteiger partial charge on any atom is 0.270 e. The topological polar surface area (TPSA) is 65.8 Å². The number of nitriles is 1. The molecule has 1 aromatic heterocycles. The number of nitrogens with zero attached hydrogens (tertiary/aromatic N) is 2. The molecule has 0 saturated carbocycles. The summed E-state index contributed by atoms with van der Waals surface area (Å²) in [6, 6.07) is 14.5. The van der Waals surface area contributed by atoms with Gasteiger partial charge < -0.3 is 5.32 Å². The van der Waals surface area contributed by atoms with E-state index < -0.39 is 0 Å². The highest BCUT2D eigenvalue weighted by molar-refractivity contribution is 5.92. The largest absolute Gasteiger partial charge is 0.347 e. The lowest BCUT2D eigenvalue weighted by Crippen LogP contribution is -2.23. The number of benzene rings is 1. The van der Waals surface area contributed by atoms with Crippen molar-refractivity contribution in [2.24, 2.45) is 0 Å². The average molecular weight is 251 g/mol. The van der Waals surface area contributed by atoms with E-state index in [1.165, 1.54) is 0 Å². The molecule has 0 spiro atoms. The SMILES string of the molecule is Cc1cccc(C(=O)NCc2ccc(C#N)cc2)n1. The summed E-state index contributed by atoms with van der Waals surface area (Å²) in [6.45, 7) is 2.26. The molecule has 0 fully saturated rings. The van der Waals surface area contributed by atoms with Crippen molar-refractivity contribution in [1.82, 2.24) is 10.3 Å². The first-order valence-corrected chi connectivity index (χ1v) is 5.90. The fourth-order valence-corrected chi connectivity index (χ4v) is 1.64. The summed E-state index contributed by atoms with van der Waals surface area (Å²) in [4.78, 5) is 16.0. The van der Waals surface area contributed by atoms with Gasteiger partial charge in [-0.2, -0.15) is 5.26 Å². The summed E-state index contributed by atoms with van der Waals surface area (Å²) >= 11 is 0. The second kappa shape index (κ2) is 5.78. The Kier molecular flexibility index (Phi) is 3.89. The number of hydrogen-bond acceptors (Lipinski definition) is 3. The third-order valence-electron chi connectivity index (χ3n) is 2.66. The van der Waals surface area contributed by atoms with Crippen LogP contribution < -0.4 is 5.32 Å². The van der Waals surface area contributed by atoms with E-state index >= 15 is 0 Å². The van der Waals surface area contributed by atoms with Crippen LogP contribution in [0.15, 0.2) is 42.5 Å². The van der Waals surface area contributed by atoms with Crippen molar-refractivity contribution in [3.05, 3.63) is 65.0 Å². The van der Waals surface area contributed by atoms with Crippen LogP contribution in [0.3, 0.4) is 0 Å². The minimum absolute atomic E-state index is 0.201. The van der Waals surface area contributed by atoms with Crippen LogP contribution in [0.1, 0.15) is 27.3 Å². The van der Waals surface area contributed by atoms with Crippen LogP contribution in [0, 0.1) is 18.3 Å². The predicted molar refractivity (Wildman–Crippen MR) is 71.3 cm³/mol. The normalized spacial score (nSPS) is 9.68. The van der Waals surface area contributed by atoms with E-state index in [4.69, 9.17) is 5.26 Å². The zero-order chi connectivity index (χ0) is 13.7. The van der Waals surface area contributed by atoms with Crippen LogP contribution in [-0.4, -0.2) is 10.9 Å². The molecule has 4 heteroatoms. The molecule has 0 atom stereocenters. The number of aryl methyl sites for hydroxylation is 1. The first-order chi connectivity index (χ1) is 9.19. The molecule has 19 heavy (non-hydrogen) atoms. The minimum atomic E-state index is -0.201. The molecule has 0 radical (unpaired) electrons. The summed E-state index contributed by atoms with van der Waals surface area (Å²) in [5.41, 5.74) is 2.77. The molecule has 1 N–H and O–H groups in total. The fraction of sp³-hybridized carbons (Fsp3) is 0.133. The number of amides is 1. The molecule has 2 aromatic rings. The highest BCUT2D eigenvalue weighted by Gasteiger charge is 2.06. The zero-order valence-corrected chi connectivity index (χ0v) is 10.6. The van der Waals surface area contributed by atoms with E-state index in [0.717, 1.165) is 11.3 Å². The van der Waals surface area contributed by atoms with Gasteiger partial charge in [-0.25, -0.2) is 4.98 Å². The predicted octanol–water partition coefficient (Wildman–Crippen LogP) is 2.19. The number of hydrogen-bond donors (Lipinski definition) is 1. The number of nitrogens with one attached hydrogen (secondary N) is 1. The first kappa shape index (κ1) is 12.8. The summed E-state index contributed by atoms with van der Waals surface area (Å²) in [6.07, 6.45) is 0. The van der Waals surface area contributed by atoms with Gasteiger partial charge in [0.2, 0.25) is 0 Å². The van der Waals surface area contributed by atoms with Gasteiger partial charge in [-0.05, 0) is 36.8 Å². The van der Waals surface area contributed by atoms with E-state index in [2.05, 4.69) is 16.4 Å². The van der Waals surface area contributed by atoms with Crippen molar-refractivity contribution < 1.29 is 4.79 Å². The lowest BCUT2D eigenvalue weighted by molar-refractivity contribution is 0.0945. The Morgan fingerprint density at radius 3 is 2.63 bits per heavy atom. The minimum Gasteiger partial charge on any atom is -0.347 e.